The van der Waals surface area contributed by atoms with Crippen LogP contribution in [0, 0.1) is 17.7 Å². The Labute approximate surface area is 322 Å². The van der Waals surface area contributed by atoms with Crippen molar-refractivity contribution in [3.8, 4) is 11.6 Å². The topological polar surface area (TPSA) is 155 Å². The van der Waals surface area contributed by atoms with Gasteiger partial charge in [-0.15, -0.1) is 6.58 Å². The van der Waals surface area contributed by atoms with Gasteiger partial charge in [-0.3, -0.25) is 19.4 Å². The Morgan fingerprint density at radius 2 is 1.78 bits per heavy atom. The number of likely N-dealkylation sites (N-methyl/N-ethyl adjacent to an activating group) is 1. The Morgan fingerprint density at radius 3 is 2.40 bits per heavy atom. The molecule has 1 unspecified atom stereocenters. The summed E-state index contributed by atoms with van der Waals surface area (Å²) in [4.78, 5) is 48.3. The SMILES string of the molecule is C=CCN(C)[C@@H]1c2onc(OCCCC)c2C(=O)[C@@]2(O)C(=O)C3=C(O)c4c(c(F)c5c(c4OCCCC)N(C(=O)OC(C)(C)C)CCC5N(C)C)C[C@H]3C[C@@H]12. The Bertz CT molecular complexity index is 1900. The van der Waals surface area contributed by atoms with Crippen molar-refractivity contribution in [2.75, 3.05) is 52.3 Å². The van der Waals surface area contributed by atoms with Gasteiger partial charge in [-0.05, 0) is 85.1 Å². The van der Waals surface area contributed by atoms with Crippen molar-refractivity contribution in [2.24, 2.45) is 11.8 Å². The minimum Gasteiger partial charge on any atom is -0.507 e. The van der Waals surface area contributed by atoms with Gasteiger partial charge in [0.2, 0.25) is 11.6 Å². The summed E-state index contributed by atoms with van der Waals surface area (Å²) in [6.07, 6.45) is 4.20. The number of aliphatic hydroxyl groups excluding tert-OH is 1. The van der Waals surface area contributed by atoms with Gasteiger partial charge in [0.1, 0.15) is 22.7 Å². The standard InChI is InChI=1S/C41H55FN4O9/c1-10-13-18-52-34-27-23(30(42)28-25(44(7)8)15-17-46(32(28)34)39(50)54-40(4,5)6)20-22-21-24-31(45(9)16-12-3)35-29(38(43-55-35)53-19-14-11-2)37(49)41(24,51)36(48)26(22)33(27)47/h12,22,24-25,31,47,51H,3,10-11,13-21H2,1-2,4-9H3/t22-,24-,25?,31-,41-/m0/s1. The smallest absolute Gasteiger partial charge is 0.414 e. The van der Waals surface area contributed by atoms with E-state index in [0.29, 0.717) is 25.8 Å². The number of benzene rings is 1. The first-order valence-electron chi connectivity index (χ1n) is 19.4. The predicted octanol–water partition coefficient (Wildman–Crippen LogP) is 6.74. The maximum absolute atomic E-state index is 17.5. The summed E-state index contributed by atoms with van der Waals surface area (Å²) in [6, 6.07) is -1.27. The number of aromatic nitrogens is 1. The highest BCUT2D eigenvalue weighted by atomic mass is 19.1. The van der Waals surface area contributed by atoms with Crippen LogP contribution in [-0.4, -0.2) is 101 Å². The van der Waals surface area contributed by atoms with Gasteiger partial charge in [0, 0.05) is 41.7 Å². The number of hydrogen-bond acceptors (Lipinski definition) is 12. The zero-order valence-corrected chi connectivity index (χ0v) is 33.3. The minimum absolute atomic E-state index is 0.0226. The van der Waals surface area contributed by atoms with Crippen LogP contribution < -0.4 is 14.4 Å². The van der Waals surface area contributed by atoms with E-state index in [-0.39, 0.29) is 83.5 Å². The van der Waals surface area contributed by atoms with Gasteiger partial charge in [-0.1, -0.05) is 32.8 Å². The van der Waals surface area contributed by atoms with Crippen molar-refractivity contribution in [3.05, 3.63) is 52.1 Å². The van der Waals surface area contributed by atoms with E-state index < -0.39 is 64.4 Å². The first-order valence-corrected chi connectivity index (χ1v) is 19.4. The van der Waals surface area contributed by atoms with E-state index in [1.165, 1.54) is 4.90 Å². The Kier molecular flexibility index (Phi) is 11.3. The van der Waals surface area contributed by atoms with E-state index in [1.54, 1.807) is 33.9 Å². The molecule has 1 amide bonds. The zero-order chi connectivity index (χ0) is 40.1. The molecule has 6 rings (SSSR count). The van der Waals surface area contributed by atoms with Crippen LogP contribution in [0.3, 0.4) is 0 Å². The van der Waals surface area contributed by atoms with E-state index in [2.05, 4.69) is 11.7 Å². The maximum atomic E-state index is 17.5. The van der Waals surface area contributed by atoms with Crippen molar-refractivity contribution < 1.29 is 47.7 Å². The molecule has 0 spiro atoms. The molecule has 1 aliphatic heterocycles. The number of rotatable bonds is 12. The molecule has 300 valence electrons. The molecule has 55 heavy (non-hydrogen) atoms. The lowest BCUT2D eigenvalue weighted by molar-refractivity contribution is -0.143. The zero-order valence-electron chi connectivity index (χ0n) is 33.3. The lowest BCUT2D eigenvalue weighted by Crippen LogP contribution is -2.63. The van der Waals surface area contributed by atoms with Gasteiger partial charge in [0.25, 0.3) is 5.88 Å². The number of Topliss-reactive ketones (excluding diaryl/α,β-unsaturated/α-hetero) is 2. The van der Waals surface area contributed by atoms with Crippen LogP contribution in [0.2, 0.25) is 0 Å². The van der Waals surface area contributed by atoms with Crippen LogP contribution in [0.1, 0.15) is 118 Å². The van der Waals surface area contributed by atoms with Gasteiger partial charge >= 0.3 is 6.09 Å². The number of aliphatic hydroxyl groups is 2. The van der Waals surface area contributed by atoms with Gasteiger partial charge in [-0.25, -0.2) is 9.18 Å². The molecule has 5 atom stereocenters. The van der Waals surface area contributed by atoms with Gasteiger partial charge < -0.3 is 33.8 Å². The third-order valence-electron chi connectivity index (χ3n) is 11.3. The van der Waals surface area contributed by atoms with Crippen LogP contribution in [-0.2, 0) is 16.0 Å². The quantitative estimate of drug-likeness (QED) is 0.134. The van der Waals surface area contributed by atoms with Crippen LogP contribution in [0.15, 0.2) is 22.8 Å². The van der Waals surface area contributed by atoms with Crippen LogP contribution in [0.25, 0.3) is 5.76 Å². The number of anilines is 1. The number of fused-ring (bicyclic) bond motifs is 5. The number of unbranched alkanes of at least 4 members (excludes halogenated alkanes) is 2. The highest BCUT2D eigenvalue weighted by molar-refractivity contribution is 6.26. The number of hydrogen-bond donors (Lipinski definition) is 2. The number of amides is 1. The van der Waals surface area contributed by atoms with Gasteiger partial charge in [0.15, 0.2) is 17.1 Å². The van der Waals surface area contributed by atoms with E-state index in [9.17, 15) is 24.6 Å². The molecule has 1 aromatic heterocycles. The third-order valence-corrected chi connectivity index (χ3v) is 11.3. The summed E-state index contributed by atoms with van der Waals surface area (Å²) < 4.78 is 41.3. The molecule has 4 aliphatic rings. The molecular formula is C41H55FN4O9. The first kappa shape index (κ1) is 40.4. The van der Waals surface area contributed by atoms with E-state index in [4.69, 9.17) is 18.7 Å². The molecule has 0 radical (unpaired) electrons. The number of halogens is 1. The van der Waals surface area contributed by atoms with Crippen LogP contribution in [0.5, 0.6) is 11.6 Å². The number of carbonyl (C=O) groups is 3. The molecule has 13 nitrogen and oxygen atoms in total. The van der Waals surface area contributed by atoms with E-state index >= 15 is 4.39 Å². The number of ether oxygens (including phenoxy) is 3. The lowest BCUT2D eigenvalue weighted by Gasteiger charge is -2.50. The maximum Gasteiger partial charge on any atom is 0.414 e. The average Bonchev–Trinajstić information content (AvgIpc) is 3.53. The molecule has 2 N–H and O–H groups in total. The fourth-order valence-electron chi connectivity index (χ4n) is 8.71. The summed E-state index contributed by atoms with van der Waals surface area (Å²) in [5.74, 6) is -4.87. The number of nitrogens with zero attached hydrogens (tertiary/aromatic N) is 4. The molecule has 1 aromatic carbocycles. The Hall–Kier alpha value is -4.27. The van der Waals surface area contributed by atoms with Crippen molar-refractivity contribution in [2.45, 2.75) is 103 Å². The minimum atomic E-state index is -2.65. The summed E-state index contributed by atoms with van der Waals surface area (Å²) in [5, 5.41) is 29.0. The largest absolute Gasteiger partial charge is 0.507 e. The van der Waals surface area contributed by atoms with Crippen molar-refractivity contribution in [3.63, 3.8) is 0 Å². The van der Waals surface area contributed by atoms with Crippen molar-refractivity contribution >= 4 is 29.1 Å². The predicted molar refractivity (Wildman–Crippen MR) is 203 cm³/mol. The number of ketones is 2. The second-order valence-corrected chi connectivity index (χ2v) is 16.4. The average molecular weight is 767 g/mol. The molecule has 0 saturated heterocycles. The third kappa shape index (κ3) is 6.73. The van der Waals surface area contributed by atoms with Crippen LogP contribution >= 0.6 is 0 Å². The molecule has 3 aliphatic carbocycles. The molecule has 14 heteroatoms. The fraction of sp³-hybridized carbons (Fsp3) is 0.610. The normalized spacial score (nSPS) is 24.6. The molecule has 1 fully saturated rings. The second kappa shape index (κ2) is 15.3. The fourth-order valence-corrected chi connectivity index (χ4v) is 8.71. The Morgan fingerprint density at radius 1 is 1.11 bits per heavy atom. The van der Waals surface area contributed by atoms with Crippen molar-refractivity contribution in [1.29, 1.82) is 0 Å². The van der Waals surface area contributed by atoms with E-state index in [0.717, 1.165) is 12.8 Å². The van der Waals surface area contributed by atoms with Crippen molar-refractivity contribution in [1.82, 2.24) is 15.0 Å². The highest BCUT2D eigenvalue weighted by Gasteiger charge is 2.66. The molecule has 2 aromatic rings. The van der Waals surface area contributed by atoms with E-state index in [1.807, 2.05) is 37.7 Å². The lowest BCUT2D eigenvalue weighted by atomic mass is 9.57. The Balaban J connectivity index is 1.57. The molecular weight excluding hydrogens is 711 g/mol. The molecule has 1 saturated carbocycles. The second-order valence-electron chi connectivity index (χ2n) is 16.4. The highest BCUT2D eigenvalue weighted by Crippen LogP contribution is 2.58. The summed E-state index contributed by atoms with van der Waals surface area (Å²) in [6.45, 7) is 13.9. The summed E-state index contributed by atoms with van der Waals surface area (Å²) >= 11 is 0. The summed E-state index contributed by atoms with van der Waals surface area (Å²) in [5.41, 5.74) is -3.39. The van der Waals surface area contributed by atoms with Gasteiger partial charge in [0.05, 0.1) is 30.5 Å². The molecule has 0 bridgehead atoms. The van der Waals surface area contributed by atoms with Crippen LogP contribution in [0.4, 0.5) is 14.9 Å². The monoisotopic (exact) mass is 766 g/mol. The number of carbonyl (C=O) groups excluding carboxylic acids is 3. The molecule has 2 heterocycles. The first-order chi connectivity index (χ1) is 26.0. The van der Waals surface area contributed by atoms with Gasteiger partial charge in [-0.2, -0.15) is 0 Å². The summed E-state index contributed by atoms with van der Waals surface area (Å²) in [7, 11) is 5.43.